The van der Waals surface area contributed by atoms with Gasteiger partial charge in [0.05, 0.1) is 48.3 Å². The molecule has 1 saturated carbocycles. The van der Waals surface area contributed by atoms with Gasteiger partial charge in [-0.2, -0.15) is 0 Å². The highest BCUT2D eigenvalue weighted by molar-refractivity contribution is 7.18. The van der Waals surface area contributed by atoms with E-state index in [1.54, 1.807) is 16.0 Å². The molecule has 11 heteroatoms. The minimum absolute atomic E-state index is 0.0535. The Balaban J connectivity index is 0.00000168. The number of carbonyl (C=O) groups excluding carboxylic acids is 1. The lowest BCUT2D eigenvalue weighted by Crippen LogP contribution is -2.46. The van der Waals surface area contributed by atoms with Crippen LogP contribution in [0.2, 0.25) is 5.02 Å². The van der Waals surface area contributed by atoms with Crippen LogP contribution in [0.5, 0.6) is 5.75 Å². The van der Waals surface area contributed by atoms with Gasteiger partial charge in [0.2, 0.25) is 0 Å². The molecule has 2 spiro atoms. The number of hydrogen-bond donors (Lipinski definition) is 0. The second-order valence-corrected chi connectivity index (χ2v) is 12.6. The third kappa shape index (κ3) is 5.31. The van der Waals surface area contributed by atoms with Crippen molar-refractivity contribution < 1.29 is 23.7 Å². The van der Waals surface area contributed by atoms with Crippen molar-refractivity contribution >= 4 is 39.1 Å². The highest BCUT2D eigenvalue weighted by Gasteiger charge is 2.58. The molecule has 1 saturated heterocycles. The molecular formula is C33H36ClN3O6S. The van der Waals surface area contributed by atoms with E-state index in [4.69, 9.17) is 35.5 Å². The molecule has 3 aromatic heterocycles. The van der Waals surface area contributed by atoms with Gasteiger partial charge < -0.3 is 18.9 Å². The number of fused-ring (bicyclic) bond motifs is 3. The molecular weight excluding hydrogens is 602 g/mol. The summed E-state index contributed by atoms with van der Waals surface area (Å²) in [6.07, 6.45) is 3.18. The Labute approximate surface area is 265 Å². The third-order valence-corrected chi connectivity index (χ3v) is 9.77. The first-order valence-electron chi connectivity index (χ1n) is 15.0. The normalized spacial score (nSPS) is 17.3. The second-order valence-electron chi connectivity index (χ2n) is 11.3. The Bertz CT molecular complexity index is 1810. The van der Waals surface area contributed by atoms with E-state index in [1.165, 1.54) is 18.4 Å². The van der Waals surface area contributed by atoms with Crippen LogP contribution in [0.1, 0.15) is 66.2 Å². The summed E-state index contributed by atoms with van der Waals surface area (Å²) in [5.74, 6) is 0.140. The van der Waals surface area contributed by atoms with Gasteiger partial charge in [-0.3, -0.25) is 14.3 Å². The summed E-state index contributed by atoms with van der Waals surface area (Å²) >= 11 is 7.85. The molecule has 9 nitrogen and oxygen atoms in total. The Morgan fingerprint density at radius 2 is 1.86 bits per heavy atom. The number of aromatic nitrogens is 3. The maximum atomic E-state index is 13.8. The van der Waals surface area contributed by atoms with Crippen LogP contribution >= 0.6 is 22.9 Å². The van der Waals surface area contributed by atoms with Crippen LogP contribution < -0.4 is 10.3 Å². The van der Waals surface area contributed by atoms with Crippen LogP contribution in [0.3, 0.4) is 0 Å². The van der Waals surface area contributed by atoms with E-state index in [-0.39, 0.29) is 17.6 Å². The van der Waals surface area contributed by atoms with Gasteiger partial charge in [-0.25, -0.2) is 9.78 Å². The molecule has 2 fully saturated rings. The lowest BCUT2D eigenvalue weighted by atomic mass is 9.80. The minimum Gasteiger partial charge on any atom is -0.491 e. The second kappa shape index (κ2) is 11.9. The molecule has 232 valence electrons. The van der Waals surface area contributed by atoms with Gasteiger partial charge in [0.15, 0.2) is 5.79 Å². The average Bonchev–Trinajstić information content (AvgIpc) is 3.41. The fourth-order valence-corrected chi connectivity index (χ4v) is 7.61. The Kier molecular flexibility index (Phi) is 8.30. The molecule has 44 heavy (non-hydrogen) atoms. The molecule has 0 amide bonds. The quantitative estimate of drug-likeness (QED) is 0.224. The number of carbonyl (C=O) groups is 1. The fourth-order valence-electron chi connectivity index (χ4n) is 6.44. The average molecular weight is 638 g/mol. The van der Waals surface area contributed by atoms with Crippen molar-refractivity contribution in [2.24, 2.45) is 0 Å². The molecule has 4 aromatic rings. The van der Waals surface area contributed by atoms with E-state index in [9.17, 15) is 9.59 Å². The van der Waals surface area contributed by atoms with Crippen molar-refractivity contribution in [2.45, 2.75) is 71.1 Å². The first-order chi connectivity index (χ1) is 21.2. The van der Waals surface area contributed by atoms with Crippen molar-refractivity contribution in [2.75, 3.05) is 26.9 Å². The molecule has 2 aliphatic carbocycles. The summed E-state index contributed by atoms with van der Waals surface area (Å²) in [5, 5.41) is 2.31. The summed E-state index contributed by atoms with van der Waals surface area (Å²) in [4.78, 5) is 35.7. The summed E-state index contributed by atoms with van der Waals surface area (Å²) in [5.41, 5.74) is 4.84. The van der Waals surface area contributed by atoms with Crippen LogP contribution in [0, 0.1) is 13.8 Å². The number of halogens is 1. The molecule has 0 radical (unpaired) electrons. The zero-order chi connectivity index (χ0) is 31.2. The van der Waals surface area contributed by atoms with E-state index in [0.29, 0.717) is 59.4 Å². The van der Waals surface area contributed by atoms with Gasteiger partial charge in [0.25, 0.3) is 5.56 Å². The monoisotopic (exact) mass is 637 g/mol. The number of pyridine rings is 1. The van der Waals surface area contributed by atoms with Crippen molar-refractivity contribution in [3.63, 3.8) is 0 Å². The van der Waals surface area contributed by atoms with E-state index >= 15 is 0 Å². The van der Waals surface area contributed by atoms with Gasteiger partial charge in [0.1, 0.15) is 18.2 Å². The number of ether oxygens (including phenoxy) is 4. The standard InChI is InChI=1S/C31H30ClN3O6S.C2H6/c1-17-12-21(26-25(33-17)23(15-42-26)29(37)38-3)20-13-19(32)4-5-24(20)39-9-8-35-18(2)34-27-22(28(35)36)14-31(40-10-11-41-31)16-30(27)6-7-30;1-2/h4-5,12-13,15H,6-11,14,16H2,1-3H3;1-2H3. The lowest BCUT2D eigenvalue weighted by Gasteiger charge is -2.37. The molecule has 1 aliphatic heterocycles. The van der Waals surface area contributed by atoms with E-state index in [2.05, 4.69) is 4.98 Å². The fraction of sp³-hybridized carbons (Fsp3) is 0.455. The number of rotatable bonds is 6. The topological polar surface area (TPSA) is 102 Å². The summed E-state index contributed by atoms with van der Waals surface area (Å²) in [7, 11) is 1.36. The number of methoxy groups -OCH3 is 1. The van der Waals surface area contributed by atoms with E-state index in [1.807, 2.05) is 45.9 Å². The SMILES string of the molecule is CC.COC(=O)c1csc2c(-c3cc(Cl)ccc3OCCn3c(C)nc4c(c3=O)CC3(CC45CC5)OCCO3)cc(C)nc12. The highest BCUT2D eigenvalue weighted by Crippen LogP contribution is 2.58. The molecule has 0 bridgehead atoms. The molecule has 4 heterocycles. The van der Waals surface area contributed by atoms with Crippen LogP contribution in [0.15, 0.2) is 34.4 Å². The number of nitrogens with zero attached hydrogens (tertiary/aromatic N) is 3. The van der Waals surface area contributed by atoms with Crippen molar-refractivity contribution in [1.29, 1.82) is 0 Å². The van der Waals surface area contributed by atoms with E-state index in [0.717, 1.165) is 46.5 Å². The van der Waals surface area contributed by atoms with Crippen molar-refractivity contribution in [1.82, 2.24) is 14.5 Å². The predicted molar refractivity (Wildman–Crippen MR) is 170 cm³/mol. The zero-order valence-corrected chi connectivity index (χ0v) is 27.2. The molecule has 7 rings (SSSR count). The smallest absolute Gasteiger partial charge is 0.340 e. The first-order valence-corrected chi connectivity index (χ1v) is 16.3. The number of thiophene rings is 1. The van der Waals surface area contributed by atoms with Crippen LogP contribution in [0.25, 0.3) is 21.3 Å². The summed E-state index contributed by atoms with van der Waals surface area (Å²) < 4.78 is 25.9. The highest BCUT2D eigenvalue weighted by atomic mass is 35.5. The molecule has 1 aromatic carbocycles. The summed E-state index contributed by atoms with van der Waals surface area (Å²) in [6.45, 7) is 9.42. The van der Waals surface area contributed by atoms with Gasteiger partial charge in [-0.15, -0.1) is 11.3 Å². The van der Waals surface area contributed by atoms with Crippen molar-refractivity contribution in [3.05, 3.63) is 73.4 Å². The Hall–Kier alpha value is -3.31. The minimum atomic E-state index is -0.713. The van der Waals surface area contributed by atoms with Gasteiger partial charge in [-0.05, 0) is 51.0 Å². The molecule has 0 unspecified atom stereocenters. The first kappa shape index (κ1) is 30.7. The third-order valence-electron chi connectivity index (χ3n) is 8.54. The number of aryl methyl sites for hydroxylation is 2. The maximum absolute atomic E-state index is 13.8. The number of hydrogen-bond acceptors (Lipinski definition) is 9. The van der Waals surface area contributed by atoms with Crippen LogP contribution in [-0.2, 0) is 32.6 Å². The van der Waals surface area contributed by atoms with Crippen LogP contribution in [0.4, 0.5) is 0 Å². The van der Waals surface area contributed by atoms with E-state index < -0.39 is 11.8 Å². The molecule has 0 N–H and O–H groups in total. The summed E-state index contributed by atoms with van der Waals surface area (Å²) in [6, 6.07) is 7.39. The Morgan fingerprint density at radius 3 is 2.57 bits per heavy atom. The number of benzene rings is 1. The largest absolute Gasteiger partial charge is 0.491 e. The number of esters is 1. The lowest BCUT2D eigenvalue weighted by molar-refractivity contribution is -0.171. The zero-order valence-electron chi connectivity index (χ0n) is 25.6. The van der Waals surface area contributed by atoms with Crippen molar-refractivity contribution in [3.8, 4) is 16.9 Å². The van der Waals surface area contributed by atoms with Gasteiger partial charge >= 0.3 is 5.97 Å². The van der Waals surface area contributed by atoms with Gasteiger partial charge in [0, 0.05) is 51.0 Å². The van der Waals surface area contributed by atoms with Crippen LogP contribution in [-0.4, -0.2) is 53.2 Å². The Morgan fingerprint density at radius 1 is 1.11 bits per heavy atom. The maximum Gasteiger partial charge on any atom is 0.340 e. The molecule has 3 aliphatic rings. The van der Waals surface area contributed by atoms with Gasteiger partial charge in [-0.1, -0.05) is 25.4 Å². The molecule has 0 atom stereocenters. The predicted octanol–water partition coefficient (Wildman–Crippen LogP) is 6.40.